The molecule has 0 aliphatic heterocycles. The highest BCUT2D eigenvalue weighted by atomic mass is 15.0. The van der Waals surface area contributed by atoms with E-state index in [-0.39, 0.29) is 10.8 Å². The third-order valence-electron chi connectivity index (χ3n) is 12.2. The number of allylic oxidation sites excluding steroid dienone is 4. The van der Waals surface area contributed by atoms with Crippen LogP contribution in [0.4, 0.5) is 0 Å². The van der Waals surface area contributed by atoms with E-state index < -0.39 is 0 Å². The summed E-state index contributed by atoms with van der Waals surface area (Å²) in [5.41, 5.74) is 19.6. The molecule has 0 amide bonds. The van der Waals surface area contributed by atoms with E-state index in [0.717, 1.165) is 23.1 Å². The first-order chi connectivity index (χ1) is 24.6. The van der Waals surface area contributed by atoms with Crippen LogP contribution >= 0.6 is 0 Å². The second-order valence-electron chi connectivity index (χ2n) is 15.9. The topological polar surface area (TPSA) is 4.93 Å². The third kappa shape index (κ3) is 4.37. The van der Waals surface area contributed by atoms with Crippen LogP contribution in [-0.4, -0.2) is 20.3 Å². The average molecular weight is 649 g/mol. The molecule has 4 radical (unpaired) electrons. The van der Waals surface area contributed by atoms with Crippen molar-refractivity contribution in [3.8, 4) is 27.9 Å². The molecule has 0 fully saturated rings. The highest BCUT2D eigenvalue weighted by Gasteiger charge is 2.39. The Labute approximate surface area is 303 Å². The van der Waals surface area contributed by atoms with Crippen molar-refractivity contribution in [2.75, 3.05) is 0 Å². The zero-order chi connectivity index (χ0) is 34.8. The third-order valence-corrected chi connectivity index (χ3v) is 12.2. The lowest BCUT2D eigenvalue weighted by atomic mass is 9.75. The smallest absolute Gasteiger partial charge is 0.113 e. The number of nitrogens with zero attached hydrogens (tertiary/aromatic N) is 1. The maximum absolute atomic E-state index is 6.36. The quantitative estimate of drug-likeness (QED) is 0.168. The van der Waals surface area contributed by atoms with Crippen molar-refractivity contribution in [1.82, 2.24) is 4.57 Å². The van der Waals surface area contributed by atoms with Crippen molar-refractivity contribution in [3.05, 3.63) is 167 Å². The van der Waals surface area contributed by atoms with Crippen molar-refractivity contribution < 1.29 is 0 Å². The summed E-state index contributed by atoms with van der Waals surface area (Å²) in [6.45, 7) is 9.47. The first kappa shape index (κ1) is 30.5. The predicted octanol–water partition coefficient (Wildman–Crippen LogP) is 10.1. The zero-order valence-electron chi connectivity index (χ0n) is 29.6. The summed E-state index contributed by atoms with van der Waals surface area (Å²) in [6, 6.07) is 44.7. The van der Waals surface area contributed by atoms with Gasteiger partial charge in [-0.1, -0.05) is 135 Å². The molecule has 240 valence electrons. The van der Waals surface area contributed by atoms with Gasteiger partial charge in [0.15, 0.2) is 0 Å². The van der Waals surface area contributed by atoms with Crippen LogP contribution in [0.2, 0.25) is 0 Å². The van der Waals surface area contributed by atoms with E-state index in [4.69, 9.17) is 15.7 Å². The average Bonchev–Trinajstić information content (AvgIpc) is 3.67. The van der Waals surface area contributed by atoms with Crippen LogP contribution in [-0.2, 0) is 10.8 Å². The molecule has 0 saturated heterocycles. The van der Waals surface area contributed by atoms with E-state index in [1.54, 1.807) is 0 Å². The molecule has 1 nitrogen and oxygen atoms in total. The van der Waals surface area contributed by atoms with Gasteiger partial charge in [0.25, 0.3) is 0 Å². The van der Waals surface area contributed by atoms with Crippen LogP contribution in [0, 0.1) is 0 Å². The van der Waals surface area contributed by atoms with Crippen LogP contribution in [0.3, 0.4) is 0 Å². The molecule has 51 heavy (non-hydrogen) atoms. The van der Waals surface area contributed by atoms with Crippen molar-refractivity contribution in [3.63, 3.8) is 0 Å². The van der Waals surface area contributed by atoms with Gasteiger partial charge in [-0.25, -0.2) is 0 Å². The van der Waals surface area contributed by atoms with Gasteiger partial charge in [-0.2, -0.15) is 0 Å². The Balaban J connectivity index is 1.13. The first-order valence-electron chi connectivity index (χ1n) is 18.1. The summed E-state index contributed by atoms with van der Waals surface area (Å²) in [4.78, 5) is 0. The fraction of sp³-hybridized carbons (Fsp3) is 0.167. The molecule has 1 unspecified atom stereocenters. The Morgan fingerprint density at radius 1 is 0.569 bits per heavy atom. The molecule has 1 aromatic heterocycles. The fourth-order valence-corrected chi connectivity index (χ4v) is 9.61. The van der Waals surface area contributed by atoms with Gasteiger partial charge in [0.05, 0.1) is 11.0 Å². The standard InChI is InChI=1S/C48H37B2N/c1-47(2)41-11-7-5-9-35(41)37-17-13-30(23-43(37)47)28-15-19-45-39(21-28)40-22-29(16-20-46(40)51(45)34-26-32(49)25-33(50)27-34)31-14-18-38-36-10-6-8-12-42(36)48(3,4)44(38)24-31/h5-23,25-27,31H,24H2,1-4H3. The van der Waals surface area contributed by atoms with Gasteiger partial charge in [0, 0.05) is 33.2 Å². The Morgan fingerprint density at radius 3 is 1.94 bits per heavy atom. The van der Waals surface area contributed by atoms with E-state index in [2.05, 4.69) is 148 Å². The van der Waals surface area contributed by atoms with Crippen molar-refractivity contribution in [1.29, 1.82) is 0 Å². The molecule has 0 saturated carbocycles. The molecular weight excluding hydrogens is 612 g/mol. The summed E-state index contributed by atoms with van der Waals surface area (Å²) in [7, 11) is 12.7. The van der Waals surface area contributed by atoms with Gasteiger partial charge in [-0.15, -0.1) is 0 Å². The molecule has 10 rings (SSSR count). The molecule has 0 bridgehead atoms. The lowest BCUT2D eigenvalue weighted by Crippen LogP contribution is -2.19. The van der Waals surface area contributed by atoms with Crippen LogP contribution in [0.25, 0.3) is 55.3 Å². The monoisotopic (exact) mass is 649 g/mol. The number of benzene rings is 6. The summed E-state index contributed by atoms with van der Waals surface area (Å²) in [5, 5.41) is 2.46. The van der Waals surface area contributed by atoms with Gasteiger partial charge >= 0.3 is 0 Å². The Bertz CT molecular complexity index is 2680. The maximum Gasteiger partial charge on any atom is 0.113 e. The minimum Gasteiger partial charge on any atom is -0.309 e. The van der Waals surface area contributed by atoms with Crippen LogP contribution in [0.15, 0.2) is 139 Å². The van der Waals surface area contributed by atoms with Gasteiger partial charge in [0.2, 0.25) is 0 Å². The highest BCUT2D eigenvalue weighted by molar-refractivity contribution is 6.38. The molecule has 0 N–H and O–H groups in total. The molecule has 1 atom stereocenters. The lowest BCUT2D eigenvalue weighted by Gasteiger charge is -2.29. The van der Waals surface area contributed by atoms with Crippen LogP contribution in [0.5, 0.6) is 0 Å². The van der Waals surface area contributed by atoms with E-state index >= 15 is 0 Å². The Hall–Kier alpha value is -5.27. The summed E-state index contributed by atoms with van der Waals surface area (Å²) >= 11 is 0. The molecule has 3 heteroatoms. The van der Waals surface area contributed by atoms with Crippen LogP contribution < -0.4 is 10.9 Å². The number of hydrogen-bond acceptors (Lipinski definition) is 0. The molecule has 6 aromatic carbocycles. The summed E-state index contributed by atoms with van der Waals surface area (Å²) in [6.07, 6.45) is 5.82. The van der Waals surface area contributed by atoms with Crippen LogP contribution in [0.1, 0.15) is 67.9 Å². The molecule has 0 spiro atoms. The Morgan fingerprint density at radius 2 is 1.18 bits per heavy atom. The molecule has 7 aromatic rings. The lowest BCUT2D eigenvalue weighted by molar-refractivity contribution is 0.591. The van der Waals surface area contributed by atoms with Crippen molar-refractivity contribution in [2.45, 2.75) is 50.9 Å². The minimum atomic E-state index is -0.0534. The number of rotatable bonds is 3. The van der Waals surface area contributed by atoms with Crippen molar-refractivity contribution in [2.24, 2.45) is 0 Å². The first-order valence-corrected chi connectivity index (χ1v) is 18.1. The highest BCUT2D eigenvalue weighted by Crippen LogP contribution is 2.53. The number of aromatic nitrogens is 1. The fourth-order valence-electron chi connectivity index (χ4n) is 9.61. The molecule has 1 heterocycles. The Kier molecular flexibility index (Phi) is 6.36. The number of fused-ring (bicyclic) bond motifs is 8. The summed E-state index contributed by atoms with van der Waals surface area (Å²) < 4.78 is 2.32. The maximum atomic E-state index is 6.36. The predicted molar refractivity (Wildman–Crippen MR) is 217 cm³/mol. The van der Waals surface area contributed by atoms with Gasteiger partial charge < -0.3 is 4.57 Å². The SMILES string of the molecule is [B]c1cc([B])cc(-n2c3ccc(-c4ccc5c(c4)C(C)(C)c4ccccc4-5)cc3c3cc(C4C=CC5=C(C4)C(C)(C)c4ccccc45)ccc32)c1. The summed E-state index contributed by atoms with van der Waals surface area (Å²) in [5.74, 6) is 0.298. The van der Waals surface area contributed by atoms with E-state index in [1.807, 2.05) is 18.2 Å². The van der Waals surface area contributed by atoms with E-state index in [1.165, 1.54) is 72.0 Å². The second-order valence-corrected chi connectivity index (χ2v) is 15.9. The molecule has 3 aliphatic carbocycles. The number of hydrogen-bond donors (Lipinski definition) is 0. The second kappa shape index (κ2) is 10.6. The minimum absolute atomic E-state index is 0.0168. The van der Waals surface area contributed by atoms with E-state index in [9.17, 15) is 0 Å². The van der Waals surface area contributed by atoms with E-state index in [0.29, 0.717) is 16.8 Å². The largest absolute Gasteiger partial charge is 0.309 e. The molecule has 3 aliphatic rings. The van der Waals surface area contributed by atoms with Gasteiger partial charge in [0.1, 0.15) is 15.7 Å². The van der Waals surface area contributed by atoms with Gasteiger partial charge in [-0.3, -0.25) is 0 Å². The normalized spacial score (nSPS) is 17.8. The van der Waals surface area contributed by atoms with Gasteiger partial charge in [-0.05, 0) is 105 Å². The van der Waals surface area contributed by atoms with Crippen molar-refractivity contribution >= 4 is 54.0 Å². The molecular formula is C48H37B2N. The zero-order valence-corrected chi connectivity index (χ0v) is 29.6.